The number of aromatic nitrogens is 2. The molecule has 0 atom stereocenters. The monoisotopic (exact) mass is 376 g/mol. The van der Waals surface area contributed by atoms with Gasteiger partial charge >= 0.3 is 0 Å². The van der Waals surface area contributed by atoms with Crippen LogP contribution in [0, 0.1) is 0 Å². The fourth-order valence-corrected chi connectivity index (χ4v) is 3.40. The molecule has 0 unspecified atom stereocenters. The molecule has 4 nitrogen and oxygen atoms in total. The molecule has 2 N–H and O–H groups in total. The van der Waals surface area contributed by atoms with Gasteiger partial charge in [-0.25, -0.2) is 9.97 Å². The number of hydrogen-bond donors (Lipinski definition) is 2. The number of benzene rings is 2. The Kier molecular flexibility index (Phi) is 6.49. The highest BCUT2D eigenvalue weighted by atomic mass is 32.2. The first-order valence-corrected chi connectivity index (χ1v) is 9.85. The zero-order chi connectivity index (χ0) is 19.1. The maximum atomic E-state index is 4.74. The normalized spacial score (nSPS) is 11.4. The number of rotatable bonds is 8. The van der Waals surface area contributed by atoms with Crippen LogP contribution in [0.4, 0.5) is 5.82 Å². The number of nitrogens with one attached hydrogen (secondary N) is 2. The number of para-hydroxylation sites is 1. The Hall–Kier alpha value is -2.79. The number of hydrogen-bond acceptors (Lipinski definition) is 5. The second kappa shape index (κ2) is 9.24. The van der Waals surface area contributed by atoms with Crippen LogP contribution >= 0.6 is 11.8 Å². The number of fused-ring (bicyclic) bond motifs is 1. The second-order valence-electron chi connectivity index (χ2n) is 6.19. The topological polar surface area (TPSA) is 49.8 Å². The molecule has 2 aromatic carbocycles. The Balaban J connectivity index is 1.88. The lowest BCUT2D eigenvalue weighted by Gasteiger charge is -2.12. The first kappa shape index (κ1) is 19.0. The smallest absolute Gasteiger partial charge is 0.195 e. The molecule has 3 aromatic rings. The van der Waals surface area contributed by atoms with E-state index in [4.69, 9.17) is 9.97 Å². The van der Waals surface area contributed by atoms with Crippen LogP contribution in [-0.4, -0.2) is 16.5 Å². The van der Waals surface area contributed by atoms with Crippen molar-refractivity contribution in [1.82, 2.24) is 15.3 Å². The Morgan fingerprint density at radius 2 is 1.81 bits per heavy atom. The highest BCUT2D eigenvalue weighted by molar-refractivity contribution is 7.99. The summed E-state index contributed by atoms with van der Waals surface area (Å²) >= 11 is 1.55. The zero-order valence-electron chi connectivity index (χ0n) is 15.7. The highest BCUT2D eigenvalue weighted by Gasteiger charge is 2.09. The summed E-state index contributed by atoms with van der Waals surface area (Å²) in [6, 6.07) is 18.2. The molecule has 5 heteroatoms. The third-order valence-corrected chi connectivity index (χ3v) is 4.73. The third-order valence-electron chi connectivity index (χ3n) is 3.86. The summed E-state index contributed by atoms with van der Waals surface area (Å²) in [4.78, 5) is 10.5. The van der Waals surface area contributed by atoms with Crippen LogP contribution < -0.4 is 10.6 Å². The average Bonchev–Trinajstić information content (AvgIpc) is 2.67. The molecule has 0 bridgehead atoms. The fraction of sp³-hybridized carbons (Fsp3) is 0.182. The zero-order valence-corrected chi connectivity index (χ0v) is 16.5. The number of nitrogens with zero attached hydrogens (tertiary/aromatic N) is 2. The van der Waals surface area contributed by atoms with Crippen LogP contribution in [0.2, 0.25) is 0 Å². The van der Waals surface area contributed by atoms with Crippen LogP contribution in [0.3, 0.4) is 0 Å². The van der Waals surface area contributed by atoms with Gasteiger partial charge in [0, 0.05) is 28.2 Å². The molecule has 0 radical (unpaired) electrons. The molecule has 0 saturated carbocycles. The van der Waals surface area contributed by atoms with E-state index in [2.05, 4.69) is 36.3 Å². The lowest BCUT2D eigenvalue weighted by molar-refractivity contribution is 0.769. The minimum atomic E-state index is 0.708. The van der Waals surface area contributed by atoms with E-state index in [0.29, 0.717) is 5.16 Å². The van der Waals surface area contributed by atoms with E-state index in [9.17, 15) is 0 Å². The molecule has 3 rings (SSSR count). The predicted octanol–water partition coefficient (Wildman–Crippen LogP) is 5.61. The Labute approximate surface area is 164 Å². The summed E-state index contributed by atoms with van der Waals surface area (Å²) in [5.74, 6) is 0.767. The van der Waals surface area contributed by atoms with Crippen molar-refractivity contribution in [1.29, 1.82) is 0 Å². The minimum Gasteiger partial charge on any atom is -0.389 e. The van der Waals surface area contributed by atoms with Gasteiger partial charge in [-0.3, -0.25) is 0 Å². The van der Waals surface area contributed by atoms with E-state index in [1.807, 2.05) is 55.5 Å². The van der Waals surface area contributed by atoms with Gasteiger partial charge < -0.3 is 10.6 Å². The van der Waals surface area contributed by atoms with Gasteiger partial charge in [0.15, 0.2) is 5.16 Å². The van der Waals surface area contributed by atoms with E-state index in [-0.39, 0.29) is 0 Å². The van der Waals surface area contributed by atoms with Crippen LogP contribution in [0.25, 0.3) is 10.9 Å². The van der Waals surface area contributed by atoms with Gasteiger partial charge in [0.25, 0.3) is 0 Å². The van der Waals surface area contributed by atoms with E-state index < -0.39 is 0 Å². The van der Waals surface area contributed by atoms with Gasteiger partial charge in [-0.2, -0.15) is 0 Å². The molecule has 1 heterocycles. The maximum absolute atomic E-state index is 4.74. The summed E-state index contributed by atoms with van der Waals surface area (Å²) in [7, 11) is 0. The molecule has 0 fully saturated rings. The van der Waals surface area contributed by atoms with Crippen LogP contribution in [0.5, 0.6) is 0 Å². The lowest BCUT2D eigenvalue weighted by atomic mass is 10.2. The molecule has 0 amide bonds. The van der Waals surface area contributed by atoms with Crippen molar-refractivity contribution >= 4 is 28.5 Å². The second-order valence-corrected chi connectivity index (χ2v) is 7.23. The molecular formula is C22H24N4S. The van der Waals surface area contributed by atoms with Gasteiger partial charge in [0.05, 0.1) is 5.52 Å². The molecular weight excluding hydrogens is 352 g/mol. The first-order chi connectivity index (χ1) is 13.2. The van der Waals surface area contributed by atoms with Gasteiger partial charge in [0.1, 0.15) is 5.82 Å². The average molecular weight is 377 g/mol. The number of allylic oxidation sites excluding steroid dienone is 2. The third kappa shape index (κ3) is 5.34. The molecule has 0 saturated heterocycles. The summed E-state index contributed by atoms with van der Waals surface area (Å²) in [5, 5.41) is 8.38. The molecule has 0 aliphatic carbocycles. The quantitative estimate of drug-likeness (QED) is 0.395. The molecule has 0 spiro atoms. The summed E-state index contributed by atoms with van der Waals surface area (Å²) in [5.41, 5.74) is 2.77. The summed E-state index contributed by atoms with van der Waals surface area (Å²) < 4.78 is 0. The standard InChI is InChI=1S/C22H24N4S/c1-4-14-23-16(2)15-17(3)24-21-19-12-8-9-13-20(19)25-22(26-21)27-18-10-6-5-7-11-18/h5-13,15,23H,3-4,14H2,1-2H3,(H,24,25,26)/b16-15-. The maximum Gasteiger partial charge on any atom is 0.195 e. The van der Waals surface area contributed by atoms with Crippen LogP contribution in [0.15, 0.2) is 88.7 Å². The summed E-state index contributed by atoms with van der Waals surface area (Å²) in [6.45, 7) is 9.26. The van der Waals surface area contributed by atoms with Crippen molar-refractivity contribution in [3.63, 3.8) is 0 Å². The van der Waals surface area contributed by atoms with E-state index in [1.165, 1.54) is 0 Å². The predicted molar refractivity (Wildman–Crippen MR) is 115 cm³/mol. The van der Waals surface area contributed by atoms with E-state index >= 15 is 0 Å². The van der Waals surface area contributed by atoms with Gasteiger partial charge in [-0.05, 0) is 55.4 Å². The SMILES string of the molecule is C=C(/C=C(/C)NCCC)Nc1nc(Sc2ccccc2)nc2ccccc12. The summed E-state index contributed by atoms with van der Waals surface area (Å²) in [6.07, 6.45) is 3.08. The van der Waals surface area contributed by atoms with Gasteiger partial charge in [-0.1, -0.05) is 43.8 Å². The van der Waals surface area contributed by atoms with Crippen molar-refractivity contribution in [3.05, 3.63) is 78.6 Å². The van der Waals surface area contributed by atoms with Crippen LogP contribution in [0.1, 0.15) is 20.3 Å². The van der Waals surface area contributed by atoms with E-state index in [0.717, 1.165) is 46.0 Å². The highest BCUT2D eigenvalue weighted by Crippen LogP contribution is 2.29. The Morgan fingerprint density at radius 3 is 2.59 bits per heavy atom. The Morgan fingerprint density at radius 1 is 1.07 bits per heavy atom. The van der Waals surface area contributed by atoms with E-state index in [1.54, 1.807) is 11.8 Å². The lowest BCUT2D eigenvalue weighted by Crippen LogP contribution is -2.12. The Bertz CT molecular complexity index is 951. The first-order valence-electron chi connectivity index (χ1n) is 9.03. The molecule has 1 aromatic heterocycles. The molecule has 0 aliphatic rings. The van der Waals surface area contributed by atoms with Crippen molar-refractivity contribution in [3.8, 4) is 0 Å². The van der Waals surface area contributed by atoms with Crippen molar-refractivity contribution < 1.29 is 0 Å². The van der Waals surface area contributed by atoms with Gasteiger partial charge in [-0.15, -0.1) is 0 Å². The minimum absolute atomic E-state index is 0.708. The molecule has 138 valence electrons. The molecule has 27 heavy (non-hydrogen) atoms. The molecule has 0 aliphatic heterocycles. The van der Waals surface area contributed by atoms with Gasteiger partial charge in [0.2, 0.25) is 0 Å². The van der Waals surface area contributed by atoms with Crippen molar-refractivity contribution in [2.45, 2.75) is 30.3 Å². The van der Waals surface area contributed by atoms with Crippen LogP contribution in [-0.2, 0) is 0 Å². The number of anilines is 1. The fourth-order valence-electron chi connectivity index (χ4n) is 2.61. The van der Waals surface area contributed by atoms with Crippen molar-refractivity contribution in [2.24, 2.45) is 0 Å². The van der Waals surface area contributed by atoms with Crippen molar-refractivity contribution in [2.75, 3.05) is 11.9 Å². The largest absolute Gasteiger partial charge is 0.389 e.